The molecule has 5 heteroatoms. The zero-order valence-corrected chi connectivity index (χ0v) is 11.4. The molecule has 0 aromatic carbocycles. The van der Waals surface area contributed by atoms with Gasteiger partial charge in [-0.25, -0.2) is 0 Å². The normalized spacial score (nSPS) is 23.7. The second-order valence-corrected chi connectivity index (χ2v) is 5.92. The Hall–Kier alpha value is -1.49. The van der Waals surface area contributed by atoms with Crippen molar-refractivity contribution >= 4 is 11.6 Å². The zero-order valence-electron chi connectivity index (χ0n) is 11.4. The molecule has 2 aliphatic rings. The van der Waals surface area contributed by atoms with Crippen LogP contribution in [-0.2, 0) is 0 Å². The molecule has 1 unspecified atom stereocenters. The molecule has 1 aliphatic carbocycles. The SMILES string of the molecule is CN1CCC(CNC(=O)c2cc(N)cn2C2CC2)C1. The maximum atomic E-state index is 12.2. The fourth-order valence-corrected chi connectivity index (χ4v) is 2.86. The predicted octanol–water partition coefficient (Wildman–Crippen LogP) is 1.09. The third-order valence-electron chi connectivity index (χ3n) is 4.08. The molecule has 1 aliphatic heterocycles. The number of hydrogen-bond donors (Lipinski definition) is 2. The number of carbonyl (C=O) groups excluding carboxylic acids is 1. The number of nitrogens with two attached hydrogens (primary N) is 1. The maximum absolute atomic E-state index is 12.2. The first-order chi connectivity index (χ1) is 9.13. The summed E-state index contributed by atoms with van der Waals surface area (Å²) in [7, 11) is 2.13. The van der Waals surface area contributed by atoms with Crippen molar-refractivity contribution in [3.8, 4) is 0 Å². The van der Waals surface area contributed by atoms with Crippen molar-refractivity contribution in [3.63, 3.8) is 0 Å². The van der Waals surface area contributed by atoms with Crippen molar-refractivity contribution in [2.75, 3.05) is 32.4 Å². The summed E-state index contributed by atoms with van der Waals surface area (Å²) in [6.45, 7) is 2.97. The van der Waals surface area contributed by atoms with Crippen LogP contribution in [0, 0.1) is 5.92 Å². The maximum Gasteiger partial charge on any atom is 0.268 e. The highest BCUT2D eigenvalue weighted by atomic mass is 16.1. The molecule has 0 spiro atoms. The lowest BCUT2D eigenvalue weighted by Crippen LogP contribution is -2.31. The number of likely N-dealkylation sites (tertiary alicyclic amines) is 1. The molecule has 104 valence electrons. The van der Waals surface area contributed by atoms with Crippen molar-refractivity contribution < 1.29 is 4.79 Å². The zero-order chi connectivity index (χ0) is 13.4. The van der Waals surface area contributed by atoms with Gasteiger partial charge in [0.1, 0.15) is 5.69 Å². The Morgan fingerprint density at radius 1 is 1.47 bits per heavy atom. The van der Waals surface area contributed by atoms with E-state index in [2.05, 4.69) is 17.3 Å². The van der Waals surface area contributed by atoms with Crippen LogP contribution in [0.5, 0.6) is 0 Å². The van der Waals surface area contributed by atoms with Crippen molar-refractivity contribution in [1.82, 2.24) is 14.8 Å². The summed E-state index contributed by atoms with van der Waals surface area (Å²) in [5, 5.41) is 3.06. The summed E-state index contributed by atoms with van der Waals surface area (Å²) in [5.41, 5.74) is 7.20. The number of nitrogens with one attached hydrogen (secondary N) is 1. The molecule has 0 radical (unpaired) electrons. The molecule has 1 saturated heterocycles. The van der Waals surface area contributed by atoms with Crippen molar-refractivity contribution in [3.05, 3.63) is 18.0 Å². The predicted molar refractivity (Wildman–Crippen MR) is 75.1 cm³/mol. The van der Waals surface area contributed by atoms with Crippen LogP contribution < -0.4 is 11.1 Å². The summed E-state index contributed by atoms with van der Waals surface area (Å²) in [6.07, 6.45) is 5.36. The van der Waals surface area contributed by atoms with Gasteiger partial charge in [-0.05, 0) is 44.8 Å². The van der Waals surface area contributed by atoms with Gasteiger partial charge in [-0.2, -0.15) is 0 Å². The highest BCUT2D eigenvalue weighted by molar-refractivity contribution is 5.93. The van der Waals surface area contributed by atoms with Gasteiger partial charge in [0.2, 0.25) is 0 Å². The van der Waals surface area contributed by atoms with Gasteiger partial charge in [-0.3, -0.25) is 4.79 Å². The number of hydrogen-bond acceptors (Lipinski definition) is 3. The lowest BCUT2D eigenvalue weighted by Gasteiger charge is -2.12. The van der Waals surface area contributed by atoms with Crippen molar-refractivity contribution in [2.45, 2.75) is 25.3 Å². The minimum atomic E-state index is 0.0122. The fourth-order valence-electron chi connectivity index (χ4n) is 2.86. The molecule has 3 N–H and O–H groups in total. The highest BCUT2D eigenvalue weighted by Gasteiger charge is 2.28. The topological polar surface area (TPSA) is 63.3 Å². The summed E-state index contributed by atoms with van der Waals surface area (Å²) >= 11 is 0. The number of carbonyl (C=O) groups is 1. The van der Waals surface area contributed by atoms with Gasteiger partial charge in [-0.1, -0.05) is 0 Å². The highest BCUT2D eigenvalue weighted by Crippen LogP contribution is 2.37. The molecule has 3 rings (SSSR count). The van der Waals surface area contributed by atoms with Crippen LogP contribution in [-0.4, -0.2) is 42.1 Å². The average Bonchev–Trinajstić information content (AvgIpc) is 3.03. The Morgan fingerprint density at radius 3 is 2.89 bits per heavy atom. The first-order valence-electron chi connectivity index (χ1n) is 7.07. The van der Waals surface area contributed by atoms with E-state index >= 15 is 0 Å². The first-order valence-corrected chi connectivity index (χ1v) is 7.07. The van der Waals surface area contributed by atoms with Gasteiger partial charge in [0.05, 0.1) is 5.69 Å². The molecule has 1 amide bonds. The molecule has 2 heterocycles. The quantitative estimate of drug-likeness (QED) is 0.853. The van der Waals surface area contributed by atoms with E-state index in [4.69, 9.17) is 5.73 Å². The largest absolute Gasteiger partial charge is 0.397 e. The van der Waals surface area contributed by atoms with E-state index in [-0.39, 0.29) is 5.91 Å². The number of rotatable bonds is 4. The van der Waals surface area contributed by atoms with E-state index < -0.39 is 0 Å². The van der Waals surface area contributed by atoms with Crippen LogP contribution >= 0.6 is 0 Å². The standard InChI is InChI=1S/C14H22N4O/c1-17-5-4-10(8-17)7-16-14(19)13-6-11(15)9-18(13)12-2-3-12/h6,9-10,12H,2-5,7-8,15H2,1H3,(H,16,19). The van der Waals surface area contributed by atoms with Crippen LogP contribution in [0.1, 0.15) is 35.8 Å². The number of amides is 1. The third kappa shape index (κ3) is 2.76. The van der Waals surface area contributed by atoms with Crippen molar-refractivity contribution in [2.24, 2.45) is 5.92 Å². The summed E-state index contributed by atoms with van der Waals surface area (Å²) in [4.78, 5) is 14.6. The lowest BCUT2D eigenvalue weighted by molar-refractivity contribution is 0.0938. The number of nitrogen functional groups attached to an aromatic ring is 1. The molecule has 1 atom stereocenters. The lowest BCUT2D eigenvalue weighted by atomic mass is 10.1. The van der Waals surface area contributed by atoms with E-state index in [1.165, 1.54) is 6.42 Å². The second-order valence-electron chi connectivity index (χ2n) is 5.92. The minimum absolute atomic E-state index is 0.0122. The van der Waals surface area contributed by atoms with Gasteiger partial charge in [-0.15, -0.1) is 0 Å². The van der Waals surface area contributed by atoms with Crippen LogP contribution in [0.15, 0.2) is 12.3 Å². The van der Waals surface area contributed by atoms with E-state index in [9.17, 15) is 4.79 Å². The van der Waals surface area contributed by atoms with Crippen LogP contribution in [0.2, 0.25) is 0 Å². The number of anilines is 1. The molecule has 1 aromatic rings. The molecule has 0 bridgehead atoms. The van der Waals surface area contributed by atoms with Crippen molar-refractivity contribution in [1.29, 1.82) is 0 Å². The Bertz CT molecular complexity index is 478. The Kier molecular flexibility index (Phi) is 3.22. The van der Waals surface area contributed by atoms with Crippen LogP contribution in [0.4, 0.5) is 5.69 Å². The van der Waals surface area contributed by atoms with Gasteiger partial charge in [0.15, 0.2) is 0 Å². The van der Waals surface area contributed by atoms with Crippen LogP contribution in [0.3, 0.4) is 0 Å². The summed E-state index contributed by atoms with van der Waals surface area (Å²) in [5.74, 6) is 0.591. The Morgan fingerprint density at radius 2 is 2.26 bits per heavy atom. The molecular weight excluding hydrogens is 240 g/mol. The smallest absolute Gasteiger partial charge is 0.268 e. The second kappa shape index (κ2) is 4.89. The van der Waals surface area contributed by atoms with Gasteiger partial charge in [0, 0.05) is 25.3 Å². The molecule has 2 fully saturated rings. The Balaban J connectivity index is 1.60. The average molecular weight is 262 g/mol. The van der Waals surface area contributed by atoms with Crippen LogP contribution in [0.25, 0.3) is 0 Å². The van der Waals surface area contributed by atoms with Gasteiger partial charge >= 0.3 is 0 Å². The van der Waals surface area contributed by atoms with E-state index in [1.54, 1.807) is 6.07 Å². The van der Waals surface area contributed by atoms with Gasteiger partial charge in [0.25, 0.3) is 5.91 Å². The van der Waals surface area contributed by atoms with E-state index in [0.717, 1.165) is 32.5 Å². The minimum Gasteiger partial charge on any atom is -0.397 e. The molecular formula is C14H22N4O. The summed E-state index contributed by atoms with van der Waals surface area (Å²) in [6, 6.07) is 2.27. The number of nitrogens with zero attached hydrogens (tertiary/aromatic N) is 2. The summed E-state index contributed by atoms with van der Waals surface area (Å²) < 4.78 is 2.03. The molecule has 1 saturated carbocycles. The first kappa shape index (κ1) is 12.5. The molecule has 19 heavy (non-hydrogen) atoms. The monoisotopic (exact) mass is 262 g/mol. The fraction of sp³-hybridized carbons (Fsp3) is 0.643. The molecule has 1 aromatic heterocycles. The van der Waals surface area contributed by atoms with E-state index in [1.807, 2.05) is 10.8 Å². The van der Waals surface area contributed by atoms with E-state index in [0.29, 0.717) is 23.3 Å². The Labute approximate surface area is 113 Å². The molecule has 5 nitrogen and oxygen atoms in total. The van der Waals surface area contributed by atoms with Gasteiger partial charge < -0.3 is 20.5 Å². The number of aromatic nitrogens is 1. The third-order valence-corrected chi connectivity index (χ3v) is 4.08.